The van der Waals surface area contributed by atoms with Gasteiger partial charge in [-0.3, -0.25) is 4.79 Å². The Hall–Kier alpha value is -2.92. The van der Waals surface area contributed by atoms with Gasteiger partial charge in [-0.1, -0.05) is 24.6 Å². The van der Waals surface area contributed by atoms with Gasteiger partial charge in [0, 0.05) is 23.9 Å². The summed E-state index contributed by atoms with van der Waals surface area (Å²) in [4.78, 5) is 19.6. The Kier molecular flexibility index (Phi) is 7.95. The van der Waals surface area contributed by atoms with Crippen LogP contribution in [0.25, 0.3) is 22.2 Å². The number of carbonyl (C=O) groups is 1. The van der Waals surface area contributed by atoms with E-state index in [-0.39, 0.29) is 5.91 Å². The zero-order valence-electron chi connectivity index (χ0n) is 19.9. The van der Waals surface area contributed by atoms with Gasteiger partial charge in [-0.25, -0.2) is 4.98 Å². The molecule has 1 amide bonds. The number of para-hydroxylation sites is 1. The number of fused-ring (bicyclic) bond motifs is 1. The highest BCUT2D eigenvalue weighted by Crippen LogP contribution is 2.26. The maximum atomic E-state index is 13.2. The third-order valence-electron chi connectivity index (χ3n) is 6.76. The molecule has 1 aromatic heterocycles. The number of nitrogens with zero attached hydrogens (tertiary/aromatic N) is 1. The molecule has 0 radical (unpaired) electrons. The van der Waals surface area contributed by atoms with Crippen molar-refractivity contribution in [1.29, 1.82) is 0 Å². The van der Waals surface area contributed by atoms with Crippen LogP contribution in [0.2, 0.25) is 0 Å². The molecule has 4 rings (SSSR count). The molecule has 1 fully saturated rings. The fourth-order valence-electron chi connectivity index (χ4n) is 4.86. The van der Waals surface area contributed by atoms with Gasteiger partial charge in [0.05, 0.1) is 43.0 Å². The second-order valence-corrected chi connectivity index (χ2v) is 9.07. The monoisotopic (exact) mass is 446 g/mol. The van der Waals surface area contributed by atoms with Crippen LogP contribution >= 0.6 is 0 Å². The van der Waals surface area contributed by atoms with Crippen LogP contribution < -0.4 is 15.0 Å². The number of pyridine rings is 1. The first-order chi connectivity index (χ1) is 16.2. The second kappa shape index (κ2) is 11.3. The summed E-state index contributed by atoms with van der Waals surface area (Å²) < 4.78 is 5.55. The van der Waals surface area contributed by atoms with Crippen molar-refractivity contribution in [1.82, 2.24) is 10.3 Å². The molecule has 0 saturated heterocycles. The van der Waals surface area contributed by atoms with E-state index in [0.717, 1.165) is 46.9 Å². The molecule has 1 aliphatic rings. The quantitative estimate of drug-likeness (QED) is 0.483. The number of quaternary nitrogens is 1. The minimum absolute atomic E-state index is 0.0314. The van der Waals surface area contributed by atoms with Gasteiger partial charge >= 0.3 is 0 Å². The van der Waals surface area contributed by atoms with Crippen molar-refractivity contribution >= 4 is 16.8 Å². The minimum Gasteiger partial charge on any atom is -0.494 e. The first-order valence-corrected chi connectivity index (χ1v) is 12.4. The predicted molar refractivity (Wildman–Crippen MR) is 134 cm³/mol. The van der Waals surface area contributed by atoms with Crippen molar-refractivity contribution in [3.63, 3.8) is 0 Å². The van der Waals surface area contributed by atoms with Crippen molar-refractivity contribution in [3.8, 4) is 17.0 Å². The van der Waals surface area contributed by atoms with Crippen LogP contribution in [0, 0.1) is 0 Å². The first kappa shape index (κ1) is 23.2. The summed E-state index contributed by atoms with van der Waals surface area (Å²) in [7, 11) is 2.30. The molecular weight excluding hydrogens is 410 g/mol. The van der Waals surface area contributed by atoms with Crippen LogP contribution in [-0.2, 0) is 0 Å². The molecule has 174 valence electrons. The number of aromatic nitrogens is 1. The molecule has 0 aliphatic heterocycles. The van der Waals surface area contributed by atoms with Gasteiger partial charge in [-0.15, -0.1) is 0 Å². The van der Waals surface area contributed by atoms with Crippen LogP contribution in [0.5, 0.6) is 5.75 Å². The molecule has 5 nitrogen and oxygen atoms in total. The maximum absolute atomic E-state index is 13.2. The molecule has 3 aromatic rings. The molecule has 33 heavy (non-hydrogen) atoms. The standard InChI is InChI=1S/C28H35N3O2/c1-3-33-23-16-14-21(15-17-23)27-20-25(24-12-7-8-13-26(24)30-27)28(32)29-18-9-19-31(2)22-10-5-4-6-11-22/h7-8,12-17,20,22H,3-6,9-11,18-19H2,1-2H3,(H,29,32)/p+1. The normalized spacial score (nSPS) is 15.3. The second-order valence-electron chi connectivity index (χ2n) is 9.07. The molecule has 1 saturated carbocycles. The van der Waals surface area contributed by atoms with E-state index >= 15 is 0 Å². The van der Waals surface area contributed by atoms with Crippen LogP contribution in [0.1, 0.15) is 55.8 Å². The lowest BCUT2D eigenvalue weighted by Gasteiger charge is -2.28. The highest BCUT2D eigenvalue weighted by Gasteiger charge is 2.21. The third kappa shape index (κ3) is 5.91. The van der Waals surface area contributed by atoms with E-state index < -0.39 is 0 Å². The van der Waals surface area contributed by atoms with E-state index in [9.17, 15) is 4.79 Å². The summed E-state index contributed by atoms with van der Waals surface area (Å²) in [5, 5.41) is 4.04. The smallest absolute Gasteiger partial charge is 0.252 e. The van der Waals surface area contributed by atoms with E-state index in [1.165, 1.54) is 32.1 Å². The average Bonchev–Trinajstić information content (AvgIpc) is 2.87. The summed E-state index contributed by atoms with van der Waals surface area (Å²) >= 11 is 0. The van der Waals surface area contributed by atoms with Crippen molar-refractivity contribution < 1.29 is 14.4 Å². The molecule has 2 aromatic carbocycles. The summed E-state index contributed by atoms with van der Waals surface area (Å²) in [6.07, 6.45) is 7.79. The van der Waals surface area contributed by atoms with Crippen molar-refractivity contribution in [3.05, 3.63) is 60.2 Å². The molecule has 0 spiro atoms. The SMILES string of the molecule is CCOc1ccc(-c2cc(C(=O)NCCC[NH+](C)C3CCCCC3)c3ccccc3n2)cc1. The van der Waals surface area contributed by atoms with E-state index in [4.69, 9.17) is 9.72 Å². The van der Waals surface area contributed by atoms with Gasteiger partial charge < -0.3 is 15.0 Å². The number of nitrogens with one attached hydrogen (secondary N) is 2. The Balaban J connectivity index is 1.45. The van der Waals surface area contributed by atoms with E-state index in [2.05, 4.69) is 12.4 Å². The van der Waals surface area contributed by atoms with Crippen LogP contribution in [0.4, 0.5) is 0 Å². The number of hydrogen-bond donors (Lipinski definition) is 2. The van der Waals surface area contributed by atoms with E-state index in [1.807, 2.05) is 61.5 Å². The molecular formula is C28H36N3O2+. The van der Waals surface area contributed by atoms with Crippen molar-refractivity contribution in [2.24, 2.45) is 0 Å². The summed E-state index contributed by atoms with van der Waals surface area (Å²) in [5.74, 6) is 0.802. The lowest BCUT2D eigenvalue weighted by atomic mass is 9.94. The summed E-state index contributed by atoms with van der Waals surface area (Å²) in [6.45, 7) is 4.40. The lowest BCUT2D eigenvalue weighted by Crippen LogP contribution is -3.13. The molecule has 1 atom stereocenters. The van der Waals surface area contributed by atoms with Gasteiger partial charge in [-0.2, -0.15) is 0 Å². The maximum Gasteiger partial charge on any atom is 0.252 e. The largest absolute Gasteiger partial charge is 0.494 e. The summed E-state index contributed by atoms with van der Waals surface area (Å²) in [6, 6.07) is 18.4. The Morgan fingerprint density at radius 1 is 1.09 bits per heavy atom. The Morgan fingerprint density at radius 2 is 1.85 bits per heavy atom. The minimum atomic E-state index is -0.0314. The Labute approximate surface area is 197 Å². The average molecular weight is 447 g/mol. The fraction of sp³-hybridized carbons (Fsp3) is 0.429. The van der Waals surface area contributed by atoms with Crippen molar-refractivity contribution in [2.75, 3.05) is 26.7 Å². The van der Waals surface area contributed by atoms with Crippen LogP contribution in [0.3, 0.4) is 0 Å². The molecule has 2 N–H and O–H groups in total. The number of ether oxygens (including phenoxy) is 1. The molecule has 5 heteroatoms. The summed E-state index contributed by atoms with van der Waals surface area (Å²) in [5.41, 5.74) is 3.27. The topological polar surface area (TPSA) is 55.7 Å². The fourth-order valence-corrected chi connectivity index (χ4v) is 4.86. The number of carbonyl (C=O) groups excluding carboxylic acids is 1. The zero-order valence-corrected chi connectivity index (χ0v) is 19.9. The number of amides is 1. The van der Waals surface area contributed by atoms with Crippen molar-refractivity contribution in [2.45, 2.75) is 51.5 Å². The number of rotatable bonds is 9. The first-order valence-electron chi connectivity index (χ1n) is 12.4. The molecule has 1 unspecified atom stereocenters. The zero-order chi connectivity index (χ0) is 23.0. The van der Waals surface area contributed by atoms with Crippen LogP contribution in [-0.4, -0.2) is 43.7 Å². The van der Waals surface area contributed by atoms with Gasteiger partial charge in [0.15, 0.2) is 0 Å². The van der Waals surface area contributed by atoms with Gasteiger partial charge in [0.2, 0.25) is 0 Å². The van der Waals surface area contributed by atoms with Crippen LogP contribution in [0.15, 0.2) is 54.6 Å². The number of benzene rings is 2. The van der Waals surface area contributed by atoms with Gasteiger partial charge in [0.1, 0.15) is 5.75 Å². The van der Waals surface area contributed by atoms with Gasteiger partial charge in [0.25, 0.3) is 5.91 Å². The highest BCUT2D eigenvalue weighted by atomic mass is 16.5. The molecule has 0 bridgehead atoms. The predicted octanol–water partition coefficient (Wildman–Crippen LogP) is 4.27. The Bertz CT molecular complexity index is 1060. The van der Waals surface area contributed by atoms with Gasteiger partial charge in [-0.05, 0) is 69.0 Å². The number of hydrogen-bond acceptors (Lipinski definition) is 3. The molecule has 1 aliphatic carbocycles. The lowest BCUT2D eigenvalue weighted by molar-refractivity contribution is -0.907. The Morgan fingerprint density at radius 3 is 2.61 bits per heavy atom. The third-order valence-corrected chi connectivity index (χ3v) is 6.76. The highest BCUT2D eigenvalue weighted by molar-refractivity contribution is 6.07. The van der Waals surface area contributed by atoms with E-state index in [0.29, 0.717) is 18.7 Å². The molecule has 1 heterocycles. The van der Waals surface area contributed by atoms with E-state index in [1.54, 1.807) is 4.90 Å².